The number of nitrogen functional groups attached to an aromatic ring is 1. The maximum absolute atomic E-state index is 12.1. The fraction of sp³-hybridized carbons (Fsp3) is 0.588. The first-order valence-corrected chi connectivity index (χ1v) is 7.32. The lowest BCUT2D eigenvalue weighted by molar-refractivity contribution is -0.122. The monoisotopic (exact) mass is 276 g/mol. The standard InChI is InChI=1S/C17H28N2O/c1-12(11-17(3,4)5)9-16(20)19-13(2)14-7-6-8-15(18)10-14/h6-8,10,12-13H,9,11,18H2,1-5H3,(H,19,20). The van der Waals surface area contributed by atoms with E-state index >= 15 is 0 Å². The molecular weight excluding hydrogens is 248 g/mol. The largest absolute Gasteiger partial charge is 0.399 e. The Morgan fingerprint density at radius 1 is 1.30 bits per heavy atom. The zero-order valence-corrected chi connectivity index (χ0v) is 13.4. The zero-order valence-electron chi connectivity index (χ0n) is 13.4. The topological polar surface area (TPSA) is 55.1 Å². The number of anilines is 1. The van der Waals surface area contributed by atoms with Crippen LogP contribution < -0.4 is 11.1 Å². The molecule has 20 heavy (non-hydrogen) atoms. The van der Waals surface area contributed by atoms with Crippen molar-refractivity contribution in [2.45, 2.75) is 53.5 Å². The van der Waals surface area contributed by atoms with Crippen LogP contribution in [0.1, 0.15) is 59.1 Å². The summed E-state index contributed by atoms with van der Waals surface area (Å²) < 4.78 is 0. The summed E-state index contributed by atoms with van der Waals surface area (Å²) in [5.74, 6) is 0.500. The molecule has 0 heterocycles. The van der Waals surface area contributed by atoms with Gasteiger partial charge in [0, 0.05) is 12.1 Å². The molecule has 1 rings (SSSR count). The molecule has 0 radical (unpaired) electrons. The Morgan fingerprint density at radius 3 is 2.50 bits per heavy atom. The molecule has 0 aliphatic carbocycles. The van der Waals surface area contributed by atoms with Crippen LogP contribution in [0.4, 0.5) is 5.69 Å². The fourth-order valence-electron chi connectivity index (χ4n) is 2.65. The van der Waals surface area contributed by atoms with Crippen molar-refractivity contribution in [3.8, 4) is 0 Å². The van der Waals surface area contributed by atoms with Crippen molar-refractivity contribution in [2.75, 3.05) is 5.73 Å². The SMILES string of the molecule is CC(CC(=O)NC(C)c1cccc(N)c1)CC(C)(C)C. The Kier molecular flexibility index (Phi) is 5.61. The highest BCUT2D eigenvalue weighted by atomic mass is 16.1. The lowest BCUT2D eigenvalue weighted by Crippen LogP contribution is -2.28. The second kappa shape index (κ2) is 6.78. The number of carbonyl (C=O) groups is 1. The number of nitrogens with one attached hydrogen (secondary N) is 1. The first-order chi connectivity index (χ1) is 9.17. The third-order valence-electron chi connectivity index (χ3n) is 3.28. The molecule has 0 aliphatic rings. The Bertz CT molecular complexity index is 449. The average Bonchev–Trinajstić information content (AvgIpc) is 2.25. The van der Waals surface area contributed by atoms with E-state index in [9.17, 15) is 4.79 Å². The van der Waals surface area contributed by atoms with Gasteiger partial charge in [0.2, 0.25) is 5.91 Å². The van der Waals surface area contributed by atoms with E-state index in [1.54, 1.807) is 0 Å². The van der Waals surface area contributed by atoms with Gasteiger partial charge in [0.25, 0.3) is 0 Å². The van der Waals surface area contributed by atoms with Crippen molar-refractivity contribution in [2.24, 2.45) is 11.3 Å². The van der Waals surface area contributed by atoms with Gasteiger partial charge >= 0.3 is 0 Å². The van der Waals surface area contributed by atoms with Crippen LogP contribution in [0.15, 0.2) is 24.3 Å². The fourth-order valence-corrected chi connectivity index (χ4v) is 2.65. The highest BCUT2D eigenvalue weighted by molar-refractivity contribution is 5.76. The summed E-state index contributed by atoms with van der Waals surface area (Å²) in [6, 6.07) is 7.65. The molecule has 0 saturated carbocycles. The summed E-state index contributed by atoms with van der Waals surface area (Å²) in [7, 11) is 0. The van der Waals surface area contributed by atoms with E-state index in [0.717, 1.165) is 17.7 Å². The van der Waals surface area contributed by atoms with Gasteiger partial charge in [-0.15, -0.1) is 0 Å². The molecule has 3 nitrogen and oxygen atoms in total. The van der Waals surface area contributed by atoms with Crippen LogP contribution in [0.3, 0.4) is 0 Å². The minimum Gasteiger partial charge on any atom is -0.399 e. The van der Waals surface area contributed by atoms with Crippen LogP contribution in [-0.4, -0.2) is 5.91 Å². The van der Waals surface area contributed by atoms with E-state index in [-0.39, 0.29) is 17.4 Å². The van der Waals surface area contributed by atoms with Crippen molar-refractivity contribution in [1.82, 2.24) is 5.32 Å². The molecule has 2 atom stereocenters. The van der Waals surface area contributed by atoms with Gasteiger partial charge in [0.1, 0.15) is 0 Å². The average molecular weight is 276 g/mol. The van der Waals surface area contributed by atoms with E-state index in [4.69, 9.17) is 5.73 Å². The Hall–Kier alpha value is -1.51. The number of benzene rings is 1. The predicted molar refractivity (Wildman–Crippen MR) is 85.3 cm³/mol. The van der Waals surface area contributed by atoms with Gasteiger partial charge in [0.05, 0.1) is 6.04 Å². The molecule has 112 valence electrons. The molecule has 0 aliphatic heterocycles. The molecule has 3 N–H and O–H groups in total. The van der Waals surface area contributed by atoms with Crippen LogP contribution >= 0.6 is 0 Å². The highest BCUT2D eigenvalue weighted by Crippen LogP contribution is 2.26. The molecule has 0 saturated heterocycles. The molecule has 1 aromatic rings. The summed E-state index contributed by atoms with van der Waals surface area (Å²) in [6.45, 7) is 10.7. The normalized spacial score (nSPS) is 14.7. The smallest absolute Gasteiger partial charge is 0.220 e. The van der Waals surface area contributed by atoms with Crippen molar-refractivity contribution in [3.05, 3.63) is 29.8 Å². The molecule has 0 fully saturated rings. The highest BCUT2D eigenvalue weighted by Gasteiger charge is 2.18. The van der Waals surface area contributed by atoms with Crippen LogP contribution in [0.5, 0.6) is 0 Å². The van der Waals surface area contributed by atoms with Crippen molar-refractivity contribution >= 4 is 11.6 Å². The predicted octanol–water partition coefficient (Wildman–Crippen LogP) is 3.91. The maximum Gasteiger partial charge on any atom is 0.220 e. The van der Waals surface area contributed by atoms with Gasteiger partial charge in [-0.1, -0.05) is 39.8 Å². The van der Waals surface area contributed by atoms with Crippen LogP contribution in [0.2, 0.25) is 0 Å². The Morgan fingerprint density at radius 2 is 1.95 bits per heavy atom. The van der Waals surface area contributed by atoms with Crippen molar-refractivity contribution in [1.29, 1.82) is 0 Å². The number of carbonyl (C=O) groups excluding carboxylic acids is 1. The lowest BCUT2D eigenvalue weighted by Gasteiger charge is -2.23. The van der Waals surface area contributed by atoms with Gasteiger partial charge in [-0.2, -0.15) is 0 Å². The molecule has 1 aromatic carbocycles. The molecule has 2 unspecified atom stereocenters. The molecule has 1 amide bonds. The second-order valence-corrected chi connectivity index (χ2v) is 7.03. The van der Waals surface area contributed by atoms with Crippen LogP contribution in [0, 0.1) is 11.3 Å². The van der Waals surface area contributed by atoms with Gasteiger partial charge in [-0.25, -0.2) is 0 Å². The van der Waals surface area contributed by atoms with Crippen molar-refractivity contribution < 1.29 is 4.79 Å². The van der Waals surface area contributed by atoms with E-state index in [1.807, 2.05) is 31.2 Å². The molecule has 0 spiro atoms. The number of rotatable bonds is 5. The zero-order chi connectivity index (χ0) is 15.3. The third kappa shape index (κ3) is 6.09. The van der Waals surface area contributed by atoms with Gasteiger partial charge in [-0.05, 0) is 42.4 Å². The van der Waals surface area contributed by atoms with Crippen LogP contribution in [0.25, 0.3) is 0 Å². The Balaban J connectivity index is 2.50. The first kappa shape index (κ1) is 16.5. The van der Waals surface area contributed by atoms with E-state index in [2.05, 4.69) is 33.0 Å². The second-order valence-electron chi connectivity index (χ2n) is 7.03. The number of hydrogen-bond acceptors (Lipinski definition) is 2. The van der Waals surface area contributed by atoms with Crippen LogP contribution in [-0.2, 0) is 4.79 Å². The quantitative estimate of drug-likeness (QED) is 0.801. The van der Waals surface area contributed by atoms with E-state index in [1.165, 1.54) is 0 Å². The van der Waals surface area contributed by atoms with Crippen molar-refractivity contribution in [3.63, 3.8) is 0 Å². The third-order valence-corrected chi connectivity index (χ3v) is 3.28. The summed E-state index contributed by atoms with van der Waals surface area (Å²) in [5.41, 5.74) is 7.80. The minimum absolute atomic E-state index is 0.00663. The lowest BCUT2D eigenvalue weighted by atomic mass is 9.84. The van der Waals surface area contributed by atoms with Gasteiger partial charge in [0.15, 0.2) is 0 Å². The number of amides is 1. The Labute approximate surface area is 122 Å². The first-order valence-electron chi connectivity index (χ1n) is 7.32. The minimum atomic E-state index is -0.00663. The molecule has 0 bridgehead atoms. The maximum atomic E-state index is 12.1. The van der Waals surface area contributed by atoms with Gasteiger partial charge < -0.3 is 11.1 Å². The van der Waals surface area contributed by atoms with E-state index < -0.39 is 0 Å². The molecule has 3 heteroatoms. The summed E-state index contributed by atoms with van der Waals surface area (Å²) >= 11 is 0. The van der Waals surface area contributed by atoms with E-state index in [0.29, 0.717) is 12.3 Å². The molecular formula is C17H28N2O. The summed E-state index contributed by atoms with van der Waals surface area (Å²) in [5, 5.41) is 3.05. The van der Waals surface area contributed by atoms with Gasteiger partial charge in [-0.3, -0.25) is 4.79 Å². The number of nitrogens with two attached hydrogens (primary N) is 1. The summed E-state index contributed by atoms with van der Waals surface area (Å²) in [4.78, 5) is 12.1. The summed E-state index contributed by atoms with van der Waals surface area (Å²) in [6.07, 6.45) is 1.62. The number of hydrogen-bond donors (Lipinski definition) is 2. The molecule has 0 aromatic heterocycles.